The van der Waals surface area contributed by atoms with Gasteiger partial charge in [-0.15, -0.1) is 13.2 Å². The zero-order valence-electron chi connectivity index (χ0n) is 21.1. The van der Waals surface area contributed by atoms with E-state index in [0.29, 0.717) is 28.2 Å². The van der Waals surface area contributed by atoms with Gasteiger partial charge in [0.1, 0.15) is 11.4 Å². The van der Waals surface area contributed by atoms with Crippen molar-refractivity contribution in [3.63, 3.8) is 0 Å². The third kappa shape index (κ3) is 6.40. The number of imidazole rings is 1. The molecule has 0 radical (unpaired) electrons. The molecule has 206 valence electrons. The predicted molar refractivity (Wildman–Crippen MR) is 137 cm³/mol. The molecular weight excluding hydrogens is 535 g/mol. The van der Waals surface area contributed by atoms with Crippen LogP contribution in [-0.4, -0.2) is 47.5 Å². The molecule has 8 nitrogen and oxygen atoms in total. The monoisotopic (exact) mass is 561 g/mol. The van der Waals surface area contributed by atoms with E-state index in [1.165, 1.54) is 48.5 Å². The number of benzene rings is 2. The van der Waals surface area contributed by atoms with Crippen LogP contribution in [0.4, 0.5) is 13.2 Å². The fraction of sp³-hybridized carbons (Fsp3) is 0.259. The van der Waals surface area contributed by atoms with Gasteiger partial charge >= 0.3 is 6.36 Å². The molecule has 0 saturated carbocycles. The third-order valence-corrected chi connectivity index (χ3v) is 8.04. The van der Waals surface area contributed by atoms with Crippen molar-refractivity contribution < 1.29 is 36.2 Å². The van der Waals surface area contributed by atoms with Crippen LogP contribution < -0.4 is 10.1 Å². The van der Waals surface area contributed by atoms with Crippen molar-refractivity contribution in [2.75, 3.05) is 12.4 Å². The van der Waals surface area contributed by atoms with Gasteiger partial charge in [0.05, 0.1) is 29.0 Å². The molecule has 0 spiro atoms. The average Bonchev–Trinajstić information content (AvgIpc) is 3.21. The molecule has 1 atom stereocenters. The van der Waals surface area contributed by atoms with Gasteiger partial charge in [0.15, 0.2) is 9.84 Å². The summed E-state index contributed by atoms with van der Waals surface area (Å²) >= 11 is 0. The normalized spacial score (nSPS) is 12.9. The van der Waals surface area contributed by atoms with Gasteiger partial charge in [-0.25, -0.2) is 13.4 Å². The Balaban J connectivity index is 1.55. The predicted octanol–water partition coefficient (Wildman–Crippen LogP) is 4.39. The summed E-state index contributed by atoms with van der Waals surface area (Å²) in [7, 11) is -3.38. The highest BCUT2D eigenvalue weighted by Crippen LogP contribution is 2.29. The Kier molecular flexibility index (Phi) is 7.98. The molecule has 0 aliphatic carbocycles. The second-order valence-corrected chi connectivity index (χ2v) is 11.1. The van der Waals surface area contributed by atoms with Crippen LogP contribution in [0.1, 0.15) is 45.8 Å². The molecule has 0 bridgehead atoms. The maximum absolute atomic E-state index is 13.0. The minimum absolute atomic E-state index is 0.0439. The quantitative estimate of drug-likeness (QED) is 0.314. The molecule has 4 aromatic rings. The summed E-state index contributed by atoms with van der Waals surface area (Å²) in [6, 6.07) is 14.1. The van der Waals surface area contributed by atoms with Crippen molar-refractivity contribution in [1.82, 2.24) is 14.7 Å². The van der Waals surface area contributed by atoms with E-state index in [0.717, 1.165) is 0 Å². The van der Waals surface area contributed by atoms with Crippen LogP contribution in [0.15, 0.2) is 71.8 Å². The Labute approximate surface area is 223 Å². The average molecular weight is 562 g/mol. The number of rotatable bonds is 9. The second-order valence-electron chi connectivity index (χ2n) is 8.80. The van der Waals surface area contributed by atoms with Gasteiger partial charge in [-0.3, -0.25) is 4.79 Å². The molecule has 12 heteroatoms. The highest BCUT2D eigenvalue weighted by Gasteiger charge is 2.32. The second kappa shape index (κ2) is 11.1. The Bertz CT molecular complexity index is 1600. The maximum atomic E-state index is 13.0. The minimum atomic E-state index is -4.83. The first kappa shape index (κ1) is 28.1. The summed E-state index contributed by atoms with van der Waals surface area (Å²) in [6.45, 7) is 2.90. The number of aliphatic hydroxyl groups is 1. The summed E-state index contributed by atoms with van der Waals surface area (Å²) in [5, 5.41) is 12.6. The van der Waals surface area contributed by atoms with E-state index in [1.807, 2.05) is 0 Å². The first-order chi connectivity index (χ1) is 18.4. The maximum Gasteiger partial charge on any atom is 0.573 e. The van der Waals surface area contributed by atoms with E-state index in [2.05, 4.69) is 15.0 Å². The van der Waals surface area contributed by atoms with Gasteiger partial charge in [0, 0.05) is 29.4 Å². The lowest BCUT2D eigenvalue weighted by molar-refractivity contribution is -0.274. The van der Waals surface area contributed by atoms with Crippen molar-refractivity contribution in [2.45, 2.75) is 37.6 Å². The third-order valence-electron chi connectivity index (χ3n) is 6.29. The number of nitrogens with zero attached hydrogens (tertiary/aromatic N) is 2. The number of carbonyl (C=O) groups excluding carboxylic acids is 1. The van der Waals surface area contributed by atoms with Crippen LogP contribution in [0.25, 0.3) is 5.65 Å². The number of aromatic nitrogens is 2. The van der Waals surface area contributed by atoms with E-state index < -0.39 is 34.8 Å². The molecule has 1 amide bonds. The van der Waals surface area contributed by atoms with Crippen LogP contribution in [0.2, 0.25) is 0 Å². The number of hydrogen-bond donors (Lipinski definition) is 2. The van der Waals surface area contributed by atoms with Gasteiger partial charge < -0.3 is 19.6 Å². The standard InChI is InChI=1S/C27H26F3N3O5S/c1-3-39(36,37)21-10-8-18(9-11-21)23(16-34)32-26(35)20-12-13-33-17(2)22(31-25(33)15-20)14-19-6-4-5-7-24(19)38-27(28,29)30/h4-13,15,23,34H,3,14,16H2,1-2H3,(H,32,35)/t23-/m0/s1. The smallest absolute Gasteiger partial charge is 0.405 e. The number of fused-ring (bicyclic) bond motifs is 1. The SMILES string of the molecule is CCS(=O)(=O)c1ccc([C@H](CO)NC(=O)c2ccn3c(C)c(Cc4ccccc4OC(F)(F)F)nc3c2)cc1. The Morgan fingerprint density at radius 3 is 2.46 bits per heavy atom. The van der Waals surface area contributed by atoms with Crippen molar-refractivity contribution in [3.8, 4) is 5.75 Å². The largest absolute Gasteiger partial charge is 0.573 e. The van der Waals surface area contributed by atoms with Crippen LogP contribution in [-0.2, 0) is 16.3 Å². The Morgan fingerprint density at radius 2 is 1.82 bits per heavy atom. The number of carbonyl (C=O) groups is 1. The summed E-state index contributed by atoms with van der Waals surface area (Å²) in [5.74, 6) is -0.845. The zero-order valence-corrected chi connectivity index (χ0v) is 21.9. The molecule has 2 aromatic carbocycles. The van der Waals surface area contributed by atoms with Gasteiger partial charge in [0.2, 0.25) is 0 Å². The highest BCUT2D eigenvalue weighted by atomic mass is 32.2. The van der Waals surface area contributed by atoms with E-state index in [-0.39, 0.29) is 28.4 Å². The first-order valence-electron chi connectivity index (χ1n) is 12.0. The Hall–Kier alpha value is -3.90. The highest BCUT2D eigenvalue weighted by molar-refractivity contribution is 7.91. The van der Waals surface area contributed by atoms with Crippen LogP contribution in [0.3, 0.4) is 0 Å². The molecule has 0 aliphatic heterocycles. The van der Waals surface area contributed by atoms with Gasteiger partial charge in [-0.05, 0) is 42.8 Å². The van der Waals surface area contributed by atoms with Crippen molar-refractivity contribution in [2.24, 2.45) is 0 Å². The molecule has 4 rings (SSSR count). The van der Waals surface area contributed by atoms with Crippen LogP contribution >= 0.6 is 0 Å². The van der Waals surface area contributed by atoms with Gasteiger partial charge in [-0.1, -0.05) is 37.3 Å². The van der Waals surface area contributed by atoms with Crippen molar-refractivity contribution in [1.29, 1.82) is 0 Å². The number of ether oxygens (including phenoxy) is 1. The first-order valence-corrected chi connectivity index (χ1v) is 13.6. The number of aliphatic hydroxyl groups excluding tert-OH is 1. The fourth-order valence-corrected chi connectivity index (χ4v) is 5.01. The number of halogens is 3. The van der Waals surface area contributed by atoms with Gasteiger partial charge in [0.25, 0.3) is 5.91 Å². The number of amides is 1. The number of aryl methyl sites for hydroxylation is 1. The molecule has 2 N–H and O–H groups in total. The molecule has 0 fully saturated rings. The lowest BCUT2D eigenvalue weighted by atomic mass is 10.1. The number of pyridine rings is 1. The van der Waals surface area contributed by atoms with E-state index in [9.17, 15) is 31.5 Å². The van der Waals surface area contributed by atoms with E-state index in [4.69, 9.17) is 0 Å². The number of alkyl halides is 3. The van der Waals surface area contributed by atoms with Crippen LogP contribution in [0, 0.1) is 6.92 Å². The molecule has 2 heterocycles. The van der Waals surface area contributed by atoms with Gasteiger partial charge in [-0.2, -0.15) is 0 Å². The van der Waals surface area contributed by atoms with Crippen molar-refractivity contribution >= 4 is 21.4 Å². The molecule has 0 aliphatic rings. The zero-order chi connectivity index (χ0) is 28.4. The molecule has 39 heavy (non-hydrogen) atoms. The molecule has 2 aromatic heterocycles. The lowest BCUT2D eigenvalue weighted by Crippen LogP contribution is -2.30. The number of para-hydroxylation sites is 1. The topological polar surface area (TPSA) is 110 Å². The summed E-state index contributed by atoms with van der Waals surface area (Å²) < 4.78 is 68.4. The number of hydrogen-bond acceptors (Lipinski definition) is 6. The van der Waals surface area contributed by atoms with Crippen molar-refractivity contribution in [3.05, 3.63) is 94.9 Å². The molecule has 0 unspecified atom stereocenters. The molecular formula is C27H26F3N3O5S. The fourth-order valence-electron chi connectivity index (χ4n) is 4.13. The summed E-state index contributed by atoms with van der Waals surface area (Å²) in [5.41, 5.74) is 2.71. The lowest BCUT2D eigenvalue weighted by Gasteiger charge is -2.17. The van der Waals surface area contributed by atoms with Crippen LogP contribution in [0.5, 0.6) is 5.75 Å². The summed E-state index contributed by atoms with van der Waals surface area (Å²) in [4.78, 5) is 17.7. The Morgan fingerprint density at radius 1 is 1.13 bits per heavy atom. The minimum Gasteiger partial charge on any atom is -0.405 e. The molecule has 0 saturated heterocycles. The van der Waals surface area contributed by atoms with E-state index >= 15 is 0 Å². The van der Waals surface area contributed by atoms with E-state index in [1.54, 1.807) is 36.6 Å². The number of nitrogens with one attached hydrogen (secondary N) is 1. The number of sulfone groups is 1. The summed E-state index contributed by atoms with van der Waals surface area (Å²) in [6.07, 6.45) is -3.11.